The molecule has 0 saturated carbocycles. The second-order valence-electron chi connectivity index (χ2n) is 2.81. The lowest BCUT2D eigenvalue weighted by molar-refractivity contribution is -0.103. The number of hydrogen-bond donors (Lipinski definition) is 2. The summed E-state index contributed by atoms with van der Waals surface area (Å²) in [5, 5.41) is 18.0. The summed E-state index contributed by atoms with van der Waals surface area (Å²) in [4.78, 5) is 0. The summed E-state index contributed by atoms with van der Waals surface area (Å²) >= 11 is 0. The molecule has 2 N–H and O–H groups in total. The zero-order valence-corrected chi connectivity index (χ0v) is 8.16. The standard InChI is InChI=1S/C7H14O3.C2H6/c1-5-6(9)2-3-10-7(5)4-8;1-2/h5-9H,2-4H2,1H3;1-2H3/t5-,6?,7?;/m0./s1. The Morgan fingerprint density at radius 1 is 1.42 bits per heavy atom. The highest BCUT2D eigenvalue weighted by molar-refractivity contribution is 4.77. The number of rotatable bonds is 1. The van der Waals surface area contributed by atoms with E-state index in [1.54, 1.807) is 0 Å². The van der Waals surface area contributed by atoms with Gasteiger partial charge in [0, 0.05) is 12.5 Å². The maximum atomic E-state index is 9.29. The Bertz CT molecular complexity index is 106. The minimum Gasteiger partial charge on any atom is -0.394 e. The summed E-state index contributed by atoms with van der Waals surface area (Å²) in [6.07, 6.45) is 0.229. The topological polar surface area (TPSA) is 49.7 Å². The molecule has 1 saturated heterocycles. The third-order valence-electron chi connectivity index (χ3n) is 2.12. The van der Waals surface area contributed by atoms with Gasteiger partial charge in [0.2, 0.25) is 0 Å². The first-order valence-electron chi connectivity index (χ1n) is 4.66. The summed E-state index contributed by atoms with van der Waals surface area (Å²) in [7, 11) is 0. The fraction of sp³-hybridized carbons (Fsp3) is 1.00. The van der Waals surface area contributed by atoms with Gasteiger partial charge < -0.3 is 14.9 Å². The molecule has 0 aromatic heterocycles. The van der Waals surface area contributed by atoms with E-state index in [1.165, 1.54) is 0 Å². The van der Waals surface area contributed by atoms with Crippen molar-refractivity contribution in [3.8, 4) is 0 Å². The molecule has 0 bridgehead atoms. The van der Waals surface area contributed by atoms with Crippen molar-refractivity contribution in [1.82, 2.24) is 0 Å². The predicted molar refractivity (Wildman–Crippen MR) is 48.0 cm³/mol. The fourth-order valence-corrected chi connectivity index (χ4v) is 1.22. The highest BCUT2D eigenvalue weighted by atomic mass is 16.5. The van der Waals surface area contributed by atoms with Crippen LogP contribution in [0.2, 0.25) is 0 Å². The molecule has 1 aliphatic heterocycles. The van der Waals surface area contributed by atoms with E-state index < -0.39 is 0 Å². The molecule has 0 radical (unpaired) electrons. The largest absolute Gasteiger partial charge is 0.394 e. The van der Waals surface area contributed by atoms with Crippen molar-refractivity contribution in [2.75, 3.05) is 13.2 Å². The third-order valence-corrected chi connectivity index (χ3v) is 2.12. The molecular weight excluding hydrogens is 156 g/mol. The minimum absolute atomic E-state index is 0.0121. The van der Waals surface area contributed by atoms with Crippen molar-refractivity contribution in [2.45, 2.75) is 39.4 Å². The molecule has 2 unspecified atom stereocenters. The van der Waals surface area contributed by atoms with E-state index in [1.807, 2.05) is 20.8 Å². The van der Waals surface area contributed by atoms with E-state index >= 15 is 0 Å². The van der Waals surface area contributed by atoms with Crippen molar-refractivity contribution >= 4 is 0 Å². The summed E-state index contributed by atoms with van der Waals surface area (Å²) in [6.45, 7) is 6.47. The predicted octanol–water partition coefficient (Wildman–Crippen LogP) is 0.791. The van der Waals surface area contributed by atoms with Crippen LogP contribution in [0.25, 0.3) is 0 Å². The lowest BCUT2D eigenvalue weighted by atomic mass is 9.94. The van der Waals surface area contributed by atoms with E-state index in [0.717, 1.165) is 0 Å². The van der Waals surface area contributed by atoms with Gasteiger partial charge in [0.1, 0.15) is 0 Å². The Hall–Kier alpha value is -0.120. The van der Waals surface area contributed by atoms with Crippen molar-refractivity contribution < 1.29 is 14.9 Å². The van der Waals surface area contributed by atoms with Gasteiger partial charge in [0.05, 0.1) is 18.8 Å². The molecule has 3 heteroatoms. The van der Waals surface area contributed by atoms with E-state index in [0.29, 0.717) is 13.0 Å². The maximum absolute atomic E-state index is 9.29. The quantitative estimate of drug-likeness (QED) is 0.621. The molecule has 3 atom stereocenters. The summed E-state index contributed by atoms with van der Waals surface area (Å²) in [5.41, 5.74) is 0. The van der Waals surface area contributed by atoms with Gasteiger partial charge >= 0.3 is 0 Å². The van der Waals surface area contributed by atoms with Gasteiger partial charge in [-0.25, -0.2) is 0 Å². The second-order valence-corrected chi connectivity index (χ2v) is 2.81. The molecule has 0 spiro atoms. The van der Waals surface area contributed by atoms with Crippen LogP contribution in [0, 0.1) is 5.92 Å². The zero-order chi connectivity index (χ0) is 9.56. The van der Waals surface area contributed by atoms with Crippen LogP contribution in [0.4, 0.5) is 0 Å². The van der Waals surface area contributed by atoms with Crippen molar-refractivity contribution in [2.24, 2.45) is 5.92 Å². The first kappa shape index (κ1) is 11.9. The highest BCUT2D eigenvalue weighted by Crippen LogP contribution is 2.19. The van der Waals surface area contributed by atoms with Gasteiger partial charge in [-0.2, -0.15) is 0 Å². The van der Waals surface area contributed by atoms with Gasteiger partial charge in [-0.15, -0.1) is 0 Å². The van der Waals surface area contributed by atoms with Gasteiger partial charge in [-0.3, -0.25) is 0 Å². The molecule has 1 rings (SSSR count). The number of aliphatic hydroxyl groups excluding tert-OH is 2. The summed E-state index contributed by atoms with van der Waals surface area (Å²) in [6, 6.07) is 0. The molecular formula is C9H20O3. The van der Waals surface area contributed by atoms with Gasteiger partial charge in [-0.05, 0) is 6.42 Å². The monoisotopic (exact) mass is 176 g/mol. The van der Waals surface area contributed by atoms with Crippen LogP contribution in [-0.2, 0) is 4.74 Å². The first-order chi connectivity index (χ1) is 5.75. The van der Waals surface area contributed by atoms with Crippen LogP contribution in [0.3, 0.4) is 0 Å². The van der Waals surface area contributed by atoms with E-state index in [2.05, 4.69) is 0 Å². The smallest absolute Gasteiger partial charge is 0.0855 e. The normalized spacial score (nSPS) is 35.2. The first-order valence-corrected chi connectivity index (χ1v) is 4.66. The Morgan fingerprint density at radius 3 is 2.42 bits per heavy atom. The molecule has 74 valence electrons. The fourth-order valence-electron chi connectivity index (χ4n) is 1.22. The molecule has 12 heavy (non-hydrogen) atoms. The Balaban J connectivity index is 0.000000561. The number of aliphatic hydroxyl groups is 2. The minimum atomic E-state index is -0.300. The van der Waals surface area contributed by atoms with Crippen LogP contribution in [-0.4, -0.2) is 35.6 Å². The molecule has 1 aliphatic rings. The molecule has 1 heterocycles. The van der Waals surface area contributed by atoms with Crippen LogP contribution >= 0.6 is 0 Å². The third kappa shape index (κ3) is 3.09. The Labute approximate surface area is 74.4 Å². The van der Waals surface area contributed by atoms with Crippen molar-refractivity contribution in [1.29, 1.82) is 0 Å². The zero-order valence-electron chi connectivity index (χ0n) is 8.16. The van der Waals surface area contributed by atoms with Gasteiger partial charge in [-0.1, -0.05) is 20.8 Å². The SMILES string of the molecule is CC.C[C@H]1C(O)CCOC1CO. The average molecular weight is 176 g/mol. The lowest BCUT2D eigenvalue weighted by Crippen LogP contribution is -2.40. The molecule has 0 aliphatic carbocycles. The molecule has 0 aromatic rings. The second kappa shape index (κ2) is 6.40. The molecule has 1 fully saturated rings. The van der Waals surface area contributed by atoms with Crippen LogP contribution < -0.4 is 0 Å². The van der Waals surface area contributed by atoms with E-state index in [9.17, 15) is 5.11 Å². The maximum Gasteiger partial charge on any atom is 0.0855 e. The summed E-state index contributed by atoms with van der Waals surface area (Å²) < 4.78 is 5.20. The van der Waals surface area contributed by atoms with Crippen LogP contribution in [0.5, 0.6) is 0 Å². The number of ether oxygens (including phenoxy) is 1. The Morgan fingerprint density at radius 2 is 2.00 bits per heavy atom. The van der Waals surface area contributed by atoms with Gasteiger partial charge in [0.15, 0.2) is 0 Å². The van der Waals surface area contributed by atoms with Crippen LogP contribution in [0.15, 0.2) is 0 Å². The Kier molecular flexibility index (Phi) is 6.34. The lowest BCUT2D eigenvalue weighted by Gasteiger charge is -2.31. The van der Waals surface area contributed by atoms with E-state index in [4.69, 9.17) is 9.84 Å². The average Bonchev–Trinajstić information content (AvgIpc) is 2.13. The van der Waals surface area contributed by atoms with Crippen LogP contribution in [0.1, 0.15) is 27.2 Å². The van der Waals surface area contributed by atoms with E-state index in [-0.39, 0.29) is 24.7 Å². The highest BCUT2D eigenvalue weighted by Gasteiger charge is 2.28. The molecule has 3 nitrogen and oxygen atoms in total. The molecule has 0 amide bonds. The van der Waals surface area contributed by atoms with Crippen molar-refractivity contribution in [3.05, 3.63) is 0 Å². The summed E-state index contributed by atoms with van der Waals surface area (Å²) in [5.74, 6) is 0.0683. The number of hydrogen-bond acceptors (Lipinski definition) is 3. The van der Waals surface area contributed by atoms with Gasteiger partial charge in [0.25, 0.3) is 0 Å². The molecule has 0 aromatic carbocycles. The van der Waals surface area contributed by atoms with Crippen molar-refractivity contribution in [3.63, 3.8) is 0 Å².